The van der Waals surface area contributed by atoms with E-state index in [1.807, 2.05) is 12.1 Å². The summed E-state index contributed by atoms with van der Waals surface area (Å²) in [5.41, 5.74) is 1.98. The second-order valence-corrected chi connectivity index (χ2v) is 7.06. The molecule has 0 radical (unpaired) electrons. The number of methoxy groups -OCH3 is 3. The predicted molar refractivity (Wildman–Crippen MR) is 113 cm³/mol. The molecule has 2 aromatic rings. The average molecular weight is 430 g/mol. The maximum absolute atomic E-state index is 12.1. The summed E-state index contributed by atoms with van der Waals surface area (Å²) in [7, 11) is 4.52. The minimum absolute atomic E-state index is 0.0746. The molecule has 0 fully saturated rings. The third kappa shape index (κ3) is 5.05. The molecule has 9 nitrogen and oxygen atoms in total. The summed E-state index contributed by atoms with van der Waals surface area (Å²) in [6.07, 6.45) is 0.934. The van der Waals surface area contributed by atoms with Crippen molar-refractivity contribution in [2.75, 3.05) is 41.0 Å². The van der Waals surface area contributed by atoms with Gasteiger partial charge in [-0.2, -0.15) is 0 Å². The number of esters is 1. The molecule has 31 heavy (non-hydrogen) atoms. The molecule has 0 aromatic heterocycles. The maximum atomic E-state index is 12.1. The topological polar surface area (TPSA) is 100 Å². The zero-order valence-corrected chi connectivity index (χ0v) is 17.8. The first-order valence-corrected chi connectivity index (χ1v) is 9.90. The zero-order valence-electron chi connectivity index (χ0n) is 17.8. The highest BCUT2D eigenvalue weighted by atomic mass is 16.6. The molecule has 1 atom stereocenters. The molecule has 0 N–H and O–H groups in total. The lowest BCUT2D eigenvalue weighted by Crippen LogP contribution is -2.39. The SMILES string of the molecule is COC(=O)C[C@H]1c2cc(OC)c(OC)cc2CCN1CCOc1ccccc1[N+](=O)[O-]. The largest absolute Gasteiger partial charge is 0.493 e. The molecule has 2 aromatic carbocycles. The number of benzene rings is 2. The number of carbonyl (C=O) groups is 1. The van der Waals surface area contributed by atoms with Crippen LogP contribution in [-0.2, 0) is 16.0 Å². The first kappa shape index (κ1) is 22.4. The van der Waals surface area contributed by atoms with Crippen LogP contribution in [0.4, 0.5) is 5.69 Å². The van der Waals surface area contributed by atoms with Crippen molar-refractivity contribution in [2.45, 2.75) is 18.9 Å². The molecular formula is C22H26N2O7. The van der Waals surface area contributed by atoms with E-state index in [4.69, 9.17) is 18.9 Å². The van der Waals surface area contributed by atoms with Crippen LogP contribution in [0, 0.1) is 10.1 Å². The molecule has 0 amide bonds. The van der Waals surface area contributed by atoms with Crippen LogP contribution in [0.15, 0.2) is 36.4 Å². The van der Waals surface area contributed by atoms with Crippen LogP contribution in [0.3, 0.4) is 0 Å². The number of nitro benzene ring substituents is 1. The van der Waals surface area contributed by atoms with Gasteiger partial charge in [0.25, 0.3) is 0 Å². The van der Waals surface area contributed by atoms with Gasteiger partial charge in [0.15, 0.2) is 17.2 Å². The van der Waals surface area contributed by atoms with E-state index in [-0.39, 0.29) is 36.5 Å². The normalized spacial score (nSPS) is 15.6. The number of fused-ring (bicyclic) bond motifs is 1. The lowest BCUT2D eigenvalue weighted by molar-refractivity contribution is -0.385. The van der Waals surface area contributed by atoms with Crippen LogP contribution in [-0.4, -0.2) is 56.8 Å². The van der Waals surface area contributed by atoms with Gasteiger partial charge < -0.3 is 18.9 Å². The summed E-state index contributed by atoms with van der Waals surface area (Å²) >= 11 is 0. The summed E-state index contributed by atoms with van der Waals surface area (Å²) in [6.45, 7) is 1.43. The van der Waals surface area contributed by atoms with Crippen LogP contribution in [0.1, 0.15) is 23.6 Å². The van der Waals surface area contributed by atoms with Gasteiger partial charge in [0.05, 0.1) is 32.7 Å². The van der Waals surface area contributed by atoms with Crippen molar-refractivity contribution in [3.05, 3.63) is 57.6 Å². The van der Waals surface area contributed by atoms with Crippen LogP contribution in [0.5, 0.6) is 17.2 Å². The minimum atomic E-state index is -0.466. The number of para-hydroxylation sites is 2. The van der Waals surface area contributed by atoms with Crippen molar-refractivity contribution >= 4 is 11.7 Å². The van der Waals surface area contributed by atoms with Crippen LogP contribution in [0.2, 0.25) is 0 Å². The molecule has 0 spiro atoms. The molecule has 1 aliphatic rings. The second kappa shape index (κ2) is 10.1. The number of nitrogens with zero attached hydrogens (tertiary/aromatic N) is 2. The van der Waals surface area contributed by atoms with E-state index in [1.165, 1.54) is 13.2 Å². The van der Waals surface area contributed by atoms with Crippen molar-refractivity contribution in [3.8, 4) is 17.2 Å². The van der Waals surface area contributed by atoms with Gasteiger partial charge in [-0.3, -0.25) is 19.8 Å². The van der Waals surface area contributed by atoms with Crippen molar-refractivity contribution in [3.63, 3.8) is 0 Å². The highest BCUT2D eigenvalue weighted by Crippen LogP contribution is 2.39. The Labute approximate surface area is 180 Å². The lowest BCUT2D eigenvalue weighted by atomic mass is 9.90. The van der Waals surface area contributed by atoms with Crippen molar-refractivity contribution in [2.24, 2.45) is 0 Å². The molecule has 9 heteroatoms. The predicted octanol–water partition coefficient (Wildman–Crippen LogP) is 3.15. The quantitative estimate of drug-likeness (QED) is 0.340. The van der Waals surface area contributed by atoms with Gasteiger partial charge in [-0.15, -0.1) is 0 Å². The van der Waals surface area contributed by atoms with E-state index in [2.05, 4.69) is 4.90 Å². The Morgan fingerprint density at radius 2 is 1.84 bits per heavy atom. The molecule has 1 heterocycles. The fourth-order valence-corrected chi connectivity index (χ4v) is 3.83. The van der Waals surface area contributed by atoms with Crippen LogP contribution < -0.4 is 14.2 Å². The summed E-state index contributed by atoms with van der Waals surface area (Å²) < 4.78 is 21.5. The number of hydrogen-bond acceptors (Lipinski definition) is 8. The lowest BCUT2D eigenvalue weighted by Gasteiger charge is -2.37. The van der Waals surface area contributed by atoms with Crippen LogP contribution in [0.25, 0.3) is 0 Å². The van der Waals surface area contributed by atoms with Gasteiger partial charge in [0, 0.05) is 25.2 Å². The van der Waals surface area contributed by atoms with E-state index < -0.39 is 4.92 Å². The molecular weight excluding hydrogens is 404 g/mol. The smallest absolute Gasteiger partial charge is 0.310 e. The van der Waals surface area contributed by atoms with Gasteiger partial charge in [-0.05, 0) is 35.7 Å². The summed E-state index contributed by atoms with van der Waals surface area (Å²) in [6, 6.07) is 9.89. The molecule has 1 aliphatic heterocycles. The number of rotatable bonds is 9. The Morgan fingerprint density at radius 1 is 1.13 bits per heavy atom. The highest BCUT2D eigenvalue weighted by molar-refractivity contribution is 5.70. The van der Waals surface area contributed by atoms with E-state index in [1.54, 1.807) is 32.4 Å². The molecule has 166 valence electrons. The van der Waals surface area contributed by atoms with Gasteiger partial charge in [-0.25, -0.2) is 0 Å². The van der Waals surface area contributed by atoms with E-state index in [0.717, 1.165) is 17.5 Å². The Morgan fingerprint density at radius 3 is 2.52 bits per heavy atom. The Bertz CT molecular complexity index is 947. The molecule has 3 rings (SSSR count). The standard InChI is InChI=1S/C22H26N2O7/c1-28-20-12-15-8-9-23(10-11-31-19-7-5-4-6-17(19)24(26)27)18(14-22(25)30-3)16(15)13-21(20)29-2/h4-7,12-13,18H,8-11,14H2,1-3H3/t18-/m0/s1. The van der Waals surface area contributed by atoms with Crippen molar-refractivity contribution in [1.29, 1.82) is 0 Å². The zero-order chi connectivity index (χ0) is 22.4. The first-order valence-electron chi connectivity index (χ1n) is 9.90. The third-order valence-electron chi connectivity index (χ3n) is 5.40. The van der Waals surface area contributed by atoms with Gasteiger partial charge in [-0.1, -0.05) is 12.1 Å². The van der Waals surface area contributed by atoms with E-state index in [0.29, 0.717) is 24.6 Å². The second-order valence-electron chi connectivity index (χ2n) is 7.06. The maximum Gasteiger partial charge on any atom is 0.310 e. The number of carbonyl (C=O) groups excluding carboxylic acids is 1. The van der Waals surface area contributed by atoms with Crippen molar-refractivity contribution < 1.29 is 28.7 Å². The number of hydrogen-bond donors (Lipinski definition) is 0. The highest BCUT2D eigenvalue weighted by Gasteiger charge is 2.31. The minimum Gasteiger partial charge on any atom is -0.493 e. The van der Waals surface area contributed by atoms with E-state index >= 15 is 0 Å². The van der Waals surface area contributed by atoms with Crippen molar-refractivity contribution in [1.82, 2.24) is 4.90 Å². The average Bonchev–Trinajstić information content (AvgIpc) is 2.79. The molecule has 0 aliphatic carbocycles. The van der Waals surface area contributed by atoms with Gasteiger partial charge in [0.2, 0.25) is 0 Å². The Kier molecular flexibility index (Phi) is 7.30. The number of ether oxygens (including phenoxy) is 4. The first-order chi connectivity index (χ1) is 15.0. The van der Waals surface area contributed by atoms with Gasteiger partial charge >= 0.3 is 11.7 Å². The molecule has 0 saturated heterocycles. The third-order valence-corrected chi connectivity index (χ3v) is 5.40. The molecule has 0 bridgehead atoms. The summed E-state index contributed by atoms with van der Waals surface area (Å²) in [5.74, 6) is 1.14. The van der Waals surface area contributed by atoms with Crippen LogP contribution >= 0.6 is 0 Å². The Hall–Kier alpha value is -3.33. The Balaban J connectivity index is 1.80. The number of nitro groups is 1. The van der Waals surface area contributed by atoms with Gasteiger partial charge in [0.1, 0.15) is 6.61 Å². The molecule has 0 unspecified atom stereocenters. The fraction of sp³-hybridized carbons (Fsp3) is 0.409. The monoisotopic (exact) mass is 430 g/mol. The summed E-state index contributed by atoms with van der Waals surface area (Å²) in [4.78, 5) is 25.0. The van der Waals surface area contributed by atoms with E-state index in [9.17, 15) is 14.9 Å². The summed E-state index contributed by atoms with van der Waals surface area (Å²) in [5, 5.41) is 11.2. The molecule has 0 saturated carbocycles. The fourth-order valence-electron chi connectivity index (χ4n) is 3.83.